The molecular formula is C32H37FN4O4. The molecule has 0 aliphatic carbocycles. The fourth-order valence-corrected chi connectivity index (χ4v) is 4.79. The van der Waals surface area contributed by atoms with E-state index in [0.29, 0.717) is 41.2 Å². The van der Waals surface area contributed by atoms with Crippen molar-refractivity contribution in [1.29, 1.82) is 0 Å². The van der Waals surface area contributed by atoms with E-state index < -0.39 is 5.97 Å². The highest BCUT2D eigenvalue weighted by atomic mass is 19.1. The number of hydrogen-bond acceptors (Lipinski definition) is 5. The number of urea groups is 1. The lowest BCUT2D eigenvalue weighted by atomic mass is 9.87. The highest BCUT2D eigenvalue weighted by Gasteiger charge is 2.25. The Hall–Kier alpha value is -4.40. The SMILES string of the molecule is COC(=O)c1ccc(NC(=O)c2ccc(C(C)(C)C)cc2)cc1NC1CCCN(C(=O)NCc2cccc(F)c2)C1. The summed E-state index contributed by atoms with van der Waals surface area (Å²) in [7, 11) is 1.31. The van der Waals surface area contributed by atoms with Crippen LogP contribution in [0.1, 0.15) is 65.5 Å². The highest BCUT2D eigenvalue weighted by Crippen LogP contribution is 2.26. The number of nitrogens with zero attached hydrogens (tertiary/aromatic N) is 1. The van der Waals surface area contributed by atoms with E-state index in [2.05, 4.69) is 36.7 Å². The van der Waals surface area contributed by atoms with Crippen LogP contribution in [0.2, 0.25) is 0 Å². The number of carbonyl (C=O) groups is 3. The van der Waals surface area contributed by atoms with Crippen molar-refractivity contribution in [1.82, 2.24) is 10.2 Å². The molecule has 3 N–H and O–H groups in total. The molecule has 3 amide bonds. The van der Waals surface area contributed by atoms with Gasteiger partial charge in [0, 0.05) is 36.9 Å². The van der Waals surface area contributed by atoms with Gasteiger partial charge in [0.2, 0.25) is 0 Å². The van der Waals surface area contributed by atoms with E-state index >= 15 is 0 Å². The van der Waals surface area contributed by atoms with Gasteiger partial charge in [0.05, 0.1) is 18.4 Å². The van der Waals surface area contributed by atoms with Crippen LogP contribution >= 0.6 is 0 Å². The number of carbonyl (C=O) groups excluding carboxylic acids is 3. The van der Waals surface area contributed by atoms with Gasteiger partial charge in [-0.05, 0) is 71.8 Å². The van der Waals surface area contributed by atoms with E-state index in [4.69, 9.17) is 4.74 Å². The Kier molecular flexibility index (Phi) is 9.27. The first kappa shape index (κ1) is 29.6. The lowest BCUT2D eigenvalue weighted by molar-refractivity contribution is 0.0601. The van der Waals surface area contributed by atoms with Crippen molar-refractivity contribution >= 4 is 29.3 Å². The van der Waals surface area contributed by atoms with Gasteiger partial charge in [-0.1, -0.05) is 45.0 Å². The minimum Gasteiger partial charge on any atom is -0.465 e. The quantitative estimate of drug-likeness (QED) is 0.310. The first-order valence-electron chi connectivity index (χ1n) is 13.7. The summed E-state index contributed by atoms with van der Waals surface area (Å²) in [4.78, 5) is 40.0. The van der Waals surface area contributed by atoms with Crippen molar-refractivity contribution in [2.24, 2.45) is 0 Å². The number of rotatable bonds is 7. The largest absolute Gasteiger partial charge is 0.465 e. The molecule has 8 nitrogen and oxygen atoms in total. The van der Waals surface area contributed by atoms with E-state index in [1.165, 1.54) is 19.2 Å². The van der Waals surface area contributed by atoms with Gasteiger partial charge in [-0.25, -0.2) is 14.0 Å². The number of ether oxygens (including phenoxy) is 1. The molecular weight excluding hydrogens is 523 g/mol. The Bertz CT molecular complexity index is 1400. The average Bonchev–Trinajstić information content (AvgIpc) is 2.95. The maximum absolute atomic E-state index is 13.5. The second kappa shape index (κ2) is 12.8. The summed E-state index contributed by atoms with van der Waals surface area (Å²) in [6, 6.07) is 18.2. The van der Waals surface area contributed by atoms with Crippen molar-refractivity contribution in [3.8, 4) is 0 Å². The van der Waals surface area contributed by atoms with Gasteiger partial charge in [-0.2, -0.15) is 0 Å². The molecule has 1 aliphatic heterocycles. The van der Waals surface area contributed by atoms with Crippen molar-refractivity contribution in [3.63, 3.8) is 0 Å². The molecule has 1 unspecified atom stereocenters. The number of hydrogen-bond donors (Lipinski definition) is 3. The van der Waals surface area contributed by atoms with Crippen LogP contribution in [0.3, 0.4) is 0 Å². The lowest BCUT2D eigenvalue weighted by Gasteiger charge is -2.34. The molecule has 0 aromatic heterocycles. The Balaban J connectivity index is 1.44. The van der Waals surface area contributed by atoms with Crippen LogP contribution in [0.15, 0.2) is 66.7 Å². The summed E-state index contributed by atoms with van der Waals surface area (Å²) < 4.78 is 18.4. The molecule has 1 heterocycles. The van der Waals surface area contributed by atoms with Crippen LogP contribution < -0.4 is 16.0 Å². The third kappa shape index (κ3) is 7.84. The van der Waals surface area contributed by atoms with Gasteiger partial charge in [0.25, 0.3) is 5.91 Å². The fourth-order valence-electron chi connectivity index (χ4n) is 4.79. The van der Waals surface area contributed by atoms with Gasteiger partial charge >= 0.3 is 12.0 Å². The lowest BCUT2D eigenvalue weighted by Crippen LogP contribution is -2.49. The standard InChI is InChI=1S/C32H37FN4O4/c1-32(2,3)23-12-10-22(11-13-23)29(38)36-25-14-15-27(30(39)41-4)28(18-25)35-26-9-6-16-37(20-26)31(40)34-19-21-7-5-8-24(33)17-21/h5,7-8,10-15,17-18,26,35H,6,9,16,19-20H2,1-4H3,(H,34,40)(H,36,38). The highest BCUT2D eigenvalue weighted by molar-refractivity contribution is 6.05. The molecule has 1 fully saturated rings. The number of nitrogens with one attached hydrogen (secondary N) is 3. The third-order valence-corrected chi connectivity index (χ3v) is 7.10. The molecule has 0 radical (unpaired) electrons. The summed E-state index contributed by atoms with van der Waals surface area (Å²) in [6.07, 6.45) is 1.55. The maximum Gasteiger partial charge on any atom is 0.339 e. The van der Waals surface area contributed by atoms with Gasteiger partial charge in [-0.3, -0.25) is 4.79 Å². The summed E-state index contributed by atoms with van der Waals surface area (Å²) >= 11 is 0. The molecule has 0 saturated carbocycles. The Morgan fingerprint density at radius 2 is 1.78 bits per heavy atom. The van der Waals surface area contributed by atoms with Crippen LogP contribution in [-0.2, 0) is 16.7 Å². The summed E-state index contributed by atoms with van der Waals surface area (Å²) in [6.45, 7) is 7.56. The molecule has 1 saturated heterocycles. The van der Waals surface area contributed by atoms with Crippen LogP contribution in [0.25, 0.3) is 0 Å². The second-order valence-corrected chi connectivity index (χ2v) is 11.3. The van der Waals surface area contributed by atoms with E-state index in [9.17, 15) is 18.8 Å². The van der Waals surface area contributed by atoms with Crippen molar-refractivity contribution < 1.29 is 23.5 Å². The van der Waals surface area contributed by atoms with Crippen LogP contribution in [0.4, 0.5) is 20.6 Å². The number of amides is 3. The molecule has 4 rings (SSSR count). The normalized spacial score (nSPS) is 15.1. The Morgan fingerprint density at radius 1 is 1.02 bits per heavy atom. The molecule has 216 valence electrons. The van der Waals surface area contributed by atoms with E-state index in [1.54, 1.807) is 47.4 Å². The molecule has 0 spiro atoms. The Labute approximate surface area is 240 Å². The number of anilines is 2. The van der Waals surface area contributed by atoms with Crippen LogP contribution in [0, 0.1) is 5.82 Å². The predicted molar refractivity (Wildman–Crippen MR) is 158 cm³/mol. The first-order chi connectivity index (χ1) is 19.5. The number of halogens is 1. The summed E-state index contributed by atoms with van der Waals surface area (Å²) in [5.74, 6) is -1.12. The zero-order valence-electron chi connectivity index (χ0n) is 23.9. The molecule has 9 heteroatoms. The molecule has 1 aliphatic rings. The average molecular weight is 561 g/mol. The zero-order chi connectivity index (χ0) is 29.6. The first-order valence-corrected chi connectivity index (χ1v) is 13.7. The molecule has 1 atom stereocenters. The zero-order valence-corrected chi connectivity index (χ0v) is 23.9. The molecule has 3 aromatic carbocycles. The second-order valence-electron chi connectivity index (χ2n) is 11.3. The van der Waals surface area contributed by atoms with Crippen LogP contribution in [0.5, 0.6) is 0 Å². The van der Waals surface area contributed by atoms with E-state index in [1.807, 2.05) is 12.1 Å². The number of methoxy groups -OCH3 is 1. The van der Waals surface area contributed by atoms with Gasteiger partial charge in [0.15, 0.2) is 0 Å². The van der Waals surface area contributed by atoms with Crippen molar-refractivity contribution in [2.45, 2.75) is 51.6 Å². The summed E-state index contributed by atoms with van der Waals surface area (Å²) in [5, 5.41) is 9.14. The number of benzene rings is 3. The Morgan fingerprint density at radius 3 is 2.46 bits per heavy atom. The molecule has 0 bridgehead atoms. The topological polar surface area (TPSA) is 99.8 Å². The third-order valence-electron chi connectivity index (χ3n) is 7.10. The smallest absolute Gasteiger partial charge is 0.339 e. The number of esters is 1. The van der Waals surface area contributed by atoms with Crippen molar-refractivity contribution in [2.75, 3.05) is 30.8 Å². The van der Waals surface area contributed by atoms with Gasteiger partial charge in [0.1, 0.15) is 5.82 Å². The minimum atomic E-state index is -0.511. The monoisotopic (exact) mass is 560 g/mol. The number of piperidine rings is 1. The number of likely N-dealkylation sites (tertiary alicyclic amines) is 1. The fraction of sp³-hybridized carbons (Fsp3) is 0.344. The van der Waals surface area contributed by atoms with Crippen LogP contribution in [-0.4, -0.2) is 49.0 Å². The van der Waals surface area contributed by atoms with Crippen molar-refractivity contribution in [3.05, 3.63) is 94.8 Å². The van der Waals surface area contributed by atoms with E-state index in [0.717, 1.165) is 18.4 Å². The predicted octanol–water partition coefficient (Wildman–Crippen LogP) is 5.95. The molecule has 41 heavy (non-hydrogen) atoms. The molecule has 3 aromatic rings. The summed E-state index contributed by atoms with van der Waals surface area (Å²) in [5.41, 5.74) is 3.67. The maximum atomic E-state index is 13.5. The van der Waals surface area contributed by atoms with Gasteiger partial charge < -0.3 is 25.6 Å². The van der Waals surface area contributed by atoms with E-state index in [-0.39, 0.29) is 35.8 Å². The minimum absolute atomic E-state index is 0.0179. The van der Waals surface area contributed by atoms with Gasteiger partial charge in [-0.15, -0.1) is 0 Å².